The van der Waals surface area contributed by atoms with Gasteiger partial charge in [0, 0.05) is 19.7 Å². The van der Waals surface area contributed by atoms with E-state index in [9.17, 15) is 8.42 Å². The van der Waals surface area contributed by atoms with Crippen molar-refractivity contribution in [2.45, 2.75) is 51.0 Å². The maximum atomic E-state index is 12.5. The van der Waals surface area contributed by atoms with Crippen molar-refractivity contribution in [1.29, 1.82) is 0 Å². The van der Waals surface area contributed by atoms with Crippen molar-refractivity contribution >= 4 is 10.0 Å². The van der Waals surface area contributed by atoms with E-state index in [4.69, 9.17) is 9.26 Å². The van der Waals surface area contributed by atoms with Crippen LogP contribution in [0.1, 0.15) is 49.7 Å². The van der Waals surface area contributed by atoms with Crippen molar-refractivity contribution in [2.24, 2.45) is 0 Å². The molecular weight excluding hydrogens is 306 g/mol. The van der Waals surface area contributed by atoms with Gasteiger partial charge in [-0.2, -0.15) is 4.98 Å². The number of nitrogens with zero attached hydrogens (tertiary/aromatic N) is 3. The van der Waals surface area contributed by atoms with Crippen molar-refractivity contribution in [2.75, 3.05) is 25.4 Å². The second-order valence-corrected chi connectivity index (χ2v) is 8.21. The molecule has 124 valence electrons. The number of aryl methyl sites for hydroxylation is 1. The topological polar surface area (TPSA) is 85.5 Å². The van der Waals surface area contributed by atoms with Crippen molar-refractivity contribution in [3.63, 3.8) is 0 Å². The molecule has 8 heteroatoms. The highest BCUT2D eigenvalue weighted by Gasteiger charge is 2.32. The van der Waals surface area contributed by atoms with Crippen LogP contribution in [0.3, 0.4) is 0 Å². The summed E-state index contributed by atoms with van der Waals surface area (Å²) in [6.45, 7) is 3.55. The summed E-state index contributed by atoms with van der Waals surface area (Å²) in [5.74, 6) is 1.31. The average Bonchev–Trinajstić information content (AvgIpc) is 3.17. The summed E-state index contributed by atoms with van der Waals surface area (Å²) in [7, 11) is -3.24. The first kappa shape index (κ1) is 15.9. The Bertz CT molecular complexity index is 595. The molecule has 2 saturated heterocycles. The molecule has 0 spiro atoms. The molecule has 2 atom stereocenters. The molecule has 0 aromatic carbocycles. The van der Waals surface area contributed by atoms with Crippen molar-refractivity contribution in [1.82, 2.24) is 14.4 Å². The zero-order valence-corrected chi connectivity index (χ0v) is 13.7. The molecule has 3 heterocycles. The molecule has 2 fully saturated rings. The van der Waals surface area contributed by atoms with E-state index in [0.717, 1.165) is 32.3 Å². The molecule has 0 saturated carbocycles. The molecular formula is C14H23N3O4S. The van der Waals surface area contributed by atoms with Crippen molar-refractivity contribution in [3.8, 4) is 0 Å². The summed E-state index contributed by atoms with van der Waals surface area (Å²) in [6, 6.07) is 0. The molecule has 0 unspecified atom stereocenters. The summed E-state index contributed by atoms with van der Waals surface area (Å²) >= 11 is 0. The minimum absolute atomic E-state index is 0.00690. The molecule has 0 radical (unpaired) electrons. The van der Waals surface area contributed by atoms with E-state index in [0.29, 0.717) is 31.2 Å². The van der Waals surface area contributed by atoms with Gasteiger partial charge in [0.25, 0.3) is 0 Å². The van der Waals surface area contributed by atoms with E-state index in [1.807, 2.05) is 0 Å². The summed E-state index contributed by atoms with van der Waals surface area (Å²) in [5.41, 5.74) is 0. The highest BCUT2D eigenvalue weighted by Crippen LogP contribution is 2.28. The Morgan fingerprint density at radius 2 is 2.18 bits per heavy atom. The summed E-state index contributed by atoms with van der Waals surface area (Å²) in [4.78, 5) is 4.24. The molecule has 3 rings (SSSR count). The normalized spacial score (nSPS) is 27.3. The van der Waals surface area contributed by atoms with Crippen molar-refractivity contribution in [3.05, 3.63) is 11.7 Å². The predicted octanol–water partition coefficient (Wildman–Crippen LogP) is 1.46. The molecule has 0 N–H and O–H groups in total. The van der Waals surface area contributed by atoms with E-state index >= 15 is 0 Å². The highest BCUT2D eigenvalue weighted by atomic mass is 32.2. The van der Waals surface area contributed by atoms with Crippen LogP contribution in [-0.2, 0) is 14.8 Å². The van der Waals surface area contributed by atoms with Gasteiger partial charge in [0.2, 0.25) is 15.9 Å². The second-order valence-electron chi connectivity index (χ2n) is 6.12. The molecule has 2 aliphatic heterocycles. The zero-order valence-electron chi connectivity index (χ0n) is 12.9. The first-order valence-corrected chi connectivity index (χ1v) is 9.55. The SMILES string of the molecule is Cc1noc([C@H]2CCCN(S(=O)(=O)CC[C@@H]3CCCO3)C2)n1. The maximum absolute atomic E-state index is 12.5. The fourth-order valence-electron chi connectivity index (χ4n) is 3.16. The molecule has 22 heavy (non-hydrogen) atoms. The fourth-order valence-corrected chi connectivity index (χ4v) is 4.79. The van der Waals surface area contributed by atoms with E-state index in [-0.39, 0.29) is 17.8 Å². The van der Waals surface area contributed by atoms with E-state index in [1.54, 1.807) is 11.2 Å². The number of aromatic nitrogens is 2. The standard InChI is InChI=1S/C14H23N3O4S/c1-11-15-14(21-16-11)12-4-2-7-17(10-12)22(18,19)9-6-13-5-3-8-20-13/h12-13H,2-10H2,1H3/t12-,13-/m0/s1. The van der Waals surface area contributed by atoms with Gasteiger partial charge in [-0.15, -0.1) is 0 Å². The van der Waals surface area contributed by atoms with Gasteiger partial charge >= 0.3 is 0 Å². The Balaban J connectivity index is 1.60. The lowest BCUT2D eigenvalue weighted by molar-refractivity contribution is 0.108. The number of hydrogen-bond donors (Lipinski definition) is 0. The third kappa shape index (κ3) is 3.67. The van der Waals surface area contributed by atoms with Gasteiger partial charge in [-0.3, -0.25) is 0 Å². The van der Waals surface area contributed by atoms with Gasteiger partial charge in [-0.25, -0.2) is 12.7 Å². The molecule has 1 aromatic heterocycles. The summed E-state index contributed by atoms with van der Waals surface area (Å²) in [5, 5.41) is 3.80. The van der Waals surface area contributed by atoms with Gasteiger partial charge in [0.05, 0.1) is 17.8 Å². The van der Waals surface area contributed by atoms with Crippen LogP contribution in [0.4, 0.5) is 0 Å². The third-order valence-electron chi connectivity index (χ3n) is 4.39. The number of hydrogen-bond acceptors (Lipinski definition) is 6. The molecule has 2 aliphatic rings. The molecule has 0 amide bonds. The Morgan fingerprint density at radius 3 is 2.86 bits per heavy atom. The lowest BCUT2D eigenvalue weighted by Crippen LogP contribution is -2.40. The second kappa shape index (κ2) is 6.64. The Kier molecular flexibility index (Phi) is 4.79. The number of ether oxygens (including phenoxy) is 1. The van der Waals surface area contributed by atoms with Gasteiger partial charge < -0.3 is 9.26 Å². The lowest BCUT2D eigenvalue weighted by Gasteiger charge is -2.30. The molecule has 0 bridgehead atoms. The third-order valence-corrected chi connectivity index (χ3v) is 6.26. The first-order valence-electron chi connectivity index (χ1n) is 7.94. The first-order chi connectivity index (χ1) is 10.5. The number of rotatable bonds is 5. The smallest absolute Gasteiger partial charge is 0.231 e. The van der Waals surface area contributed by atoms with Gasteiger partial charge in [-0.05, 0) is 39.0 Å². The minimum atomic E-state index is -3.24. The monoisotopic (exact) mass is 329 g/mol. The molecule has 7 nitrogen and oxygen atoms in total. The largest absolute Gasteiger partial charge is 0.378 e. The average molecular weight is 329 g/mol. The Morgan fingerprint density at radius 1 is 1.32 bits per heavy atom. The van der Waals surface area contributed by atoms with Crippen LogP contribution in [0.25, 0.3) is 0 Å². The van der Waals surface area contributed by atoms with Crippen LogP contribution in [0.2, 0.25) is 0 Å². The van der Waals surface area contributed by atoms with Crippen LogP contribution in [0.5, 0.6) is 0 Å². The molecule has 0 aliphatic carbocycles. The predicted molar refractivity (Wildman–Crippen MR) is 80.0 cm³/mol. The zero-order chi connectivity index (χ0) is 15.6. The summed E-state index contributed by atoms with van der Waals surface area (Å²) < 4.78 is 37.4. The van der Waals surface area contributed by atoms with Crippen LogP contribution in [0, 0.1) is 6.92 Å². The quantitative estimate of drug-likeness (QED) is 0.813. The van der Waals surface area contributed by atoms with E-state index in [2.05, 4.69) is 10.1 Å². The molecule has 1 aromatic rings. The van der Waals surface area contributed by atoms with Crippen LogP contribution < -0.4 is 0 Å². The fraction of sp³-hybridized carbons (Fsp3) is 0.857. The van der Waals surface area contributed by atoms with Gasteiger partial charge in [0.1, 0.15) is 0 Å². The van der Waals surface area contributed by atoms with Gasteiger partial charge in [-0.1, -0.05) is 5.16 Å². The maximum Gasteiger partial charge on any atom is 0.231 e. The number of sulfonamides is 1. The van der Waals surface area contributed by atoms with E-state index in [1.165, 1.54) is 0 Å². The Labute approximate surface area is 131 Å². The number of piperidine rings is 1. The van der Waals surface area contributed by atoms with Gasteiger partial charge in [0.15, 0.2) is 5.82 Å². The minimum Gasteiger partial charge on any atom is -0.378 e. The van der Waals surface area contributed by atoms with E-state index < -0.39 is 10.0 Å². The lowest BCUT2D eigenvalue weighted by atomic mass is 10.00. The van der Waals surface area contributed by atoms with Crippen LogP contribution >= 0.6 is 0 Å². The van der Waals surface area contributed by atoms with Crippen LogP contribution in [0.15, 0.2) is 4.52 Å². The van der Waals surface area contributed by atoms with Crippen LogP contribution in [-0.4, -0.2) is 54.4 Å². The van der Waals surface area contributed by atoms with Crippen molar-refractivity contribution < 1.29 is 17.7 Å². The Hall–Kier alpha value is -0.990. The summed E-state index contributed by atoms with van der Waals surface area (Å²) in [6.07, 6.45) is 4.41. The highest BCUT2D eigenvalue weighted by molar-refractivity contribution is 7.89.